The Morgan fingerprint density at radius 2 is 2.18 bits per heavy atom. The van der Waals surface area contributed by atoms with Crippen molar-refractivity contribution >= 4 is 23.6 Å². The van der Waals surface area contributed by atoms with Crippen LogP contribution in [0.15, 0.2) is 22.7 Å². The molecule has 1 amide bonds. The largest absolute Gasteiger partial charge is 0.368 e. The SMILES string of the molecule is CCN.CN1C(c2cccs2)=NOC1C1CCN(C=O)CC1. The smallest absolute Gasteiger partial charge is 0.209 e. The second-order valence-electron chi connectivity index (χ2n) is 5.39. The number of oxime groups is 1. The number of amides is 1. The van der Waals surface area contributed by atoms with Crippen LogP contribution in [-0.2, 0) is 9.63 Å². The van der Waals surface area contributed by atoms with Gasteiger partial charge in [-0.3, -0.25) is 4.79 Å². The summed E-state index contributed by atoms with van der Waals surface area (Å²) in [5.74, 6) is 1.35. The number of amidine groups is 1. The standard InChI is InChI=1S/C13H17N3O2S.C2H7N/c1-15-12(11-3-2-8-19-11)14-18-13(15)10-4-6-16(9-17)7-5-10;1-2-3/h2-3,8-10,13H,4-7H2,1H3;2-3H2,1H3. The lowest BCUT2D eigenvalue weighted by molar-refractivity contribution is -0.121. The van der Waals surface area contributed by atoms with E-state index in [1.165, 1.54) is 0 Å². The first kappa shape index (κ1) is 16.8. The maximum absolute atomic E-state index is 10.7. The maximum atomic E-state index is 10.7. The zero-order chi connectivity index (χ0) is 15.9. The Kier molecular flexibility index (Phi) is 6.21. The molecule has 0 aromatic carbocycles. The number of thiophene rings is 1. The van der Waals surface area contributed by atoms with Crippen molar-refractivity contribution < 1.29 is 9.63 Å². The zero-order valence-corrected chi connectivity index (χ0v) is 14.0. The van der Waals surface area contributed by atoms with Gasteiger partial charge >= 0.3 is 0 Å². The lowest BCUT2D eigenvalue weighted by Gasteiger charge is -2.34. The van der Waals surface area contributed by atoms with Crippen molar-refractivity contribution in [1.29, 1.82) is 0 Å². The summed E-state index contributed by atoms with van der Waals surface area (Å²) in [6.45, 7) is 4.28. The van der Waals surface area contributed by atoms with Gasteiger partial charge in [0.2, 0.25) is 12.6 Å². The molecule has 1 unspecified atom stereocenters. The highest BCUT2D eigenvalue weighted by Crippen LogP contribution is 2.29. The van der Waals surface area contributed by atoms with Gasteiger partial charge in [-0.2, -0.15) is 0 Å². The lowest BCUT2D eigenvalue weighted by Crippen LogP contribution is -2.43. The van der Waals surface area contributed by atoms with E-state index in [1.54, 1.807) is 11.3 Å². The molecular weight excluding hydrogens is 300 g/mol. The van der Waals surface area contributed by atoms with Crippen LogP contribution in [-0.4, -0.2) is 55.0 Å². The number of likely N-dealkylation sites (tertiary alicyclic amines) is 1. The van der Waals surface area contributed by atoms with Gasteiger partial charge in [0.15, 0.2) is 5.84 Å². The number of carbonyl (C=O) groups is 1. The molecule has 2 aliphatic rings. The minimum atomic E-state index is 0.00546. The second-order valence-corrected chi connectivity index (χ2v) is 6.33. The zero-order valence-electron chi connectivity index (χ0n) is 13.1. The first-order valence-electron chi connectivity index (χ1n) is 7.61. The Morgan fingerprint density at radius 1 is 1.50 bits per heavy atom. The van der Waals surface area contributed by atoms with Gasteiger partial charge in [0.1, 0.15) is 0 Å². The van der Waals surface area contributed by atoms with Crippen LogP contribution in [0, 0.1) is 5.92 Å². The summed E-state index contributed by atoms with van der Waals surface area (Å²) in [7, 11) is 2.03. The van der Waals surface area contributed by atoms with Crippen LogP contribution >= 0.6 is 11.3 Å². The maximum Gasteiger partial charge on any atom is 0.209 e. The minimum Gasteiger partial charge on any atom is -0.368 e. The fourth-order valence-corrected chi connectivity index (χ4v) is 3.44. The van der Waals surface area contributed by atoms with E-state index in [-0.39, 0.29) is 6.23 Å². The van der Waals surface area contributed by atoms with Crippen LogP contribution < -0.4 is 5.73 Å². The Balaban J connectivity index is 0.000000545. The Labute approximate surface area is 135 Å². The molecule has 1 fully saturated rings. The number of hydrogen-bond donors (Lipinski definition) is 1. The fraction of sp³-hybridized carbons (Fsp3) is 0.600. The van der Waals surface area contributed by atoms with Gasteiger partial charge in [0, 0.05) is 26.1 Å². The van der Waals surface area contributed by atoms with Gasteiger partial charge in [-0.1, -0.05) is 18.1 Å². The van der Waals surface area contributed by atoms with Crippen molar-refractivity contribution in [3.8, 4) is 0 Å². The number of hydrogen-bond acceptors (Lipinski definition) is 6. The molecule has 3 rings (SSSR count). The van der Waals surface area contributed by atoms with Gasteiger partial charge in [0.25, 0.3) is 0 Å². The van der Waals surface area contributed by atoms with E-state index >= 15 is 0 Å². The molecule has 6 nitrogen and oxygen atoms in total. The van der Waals surface area contributed by atoms with Gasteiger partial charge < -0.3 is 20.4 Å². The van der Waals surface area contributed by atoms with Crippen LogP contribution in [0.2, 0.25) is 0 Å². The van der Waals surface area contributed by atoms with Crippen LogP contribution in [0.25, 0.3) is 0 Å². The molecule has 0 spiro atoms. The number of piperidine rings is 1. The number of rotatable bonds is 3. The van der Waals surface area contributed by atoms with Crippen molar-refractivity contribution in [2.24, 2.45) is 16.8 Å². The third kappa shape index (κ3) is 3.78. The van der Waals surface area contributed by atoms with E-state index in [1.807, 2.05) is 30.3 Å². The minimum absolute atomic E-state index is 0.00546. The summed E-state index contributed by atoms with van der Waals surface area (Å²) >= 11 is 1.67. The normalized spacial score (nSPS) is 21.8. The quantitative estimate of drug-likeness (QED) is 0.856. The number of carbonyl (C=O) groups excluding carboxylic acids is 1. The molecule has 0 aliphatic carbocycles. The topological polar surface area (TPSA) is 71.2 Å². The molecule has 1 aromatic rings. The van der Waals surface area contributed by atoms with Crippen LogP contribution in [0.3, 0.4) is 0 Å². The molecule has 1 atom stereocenters. The summed E-state index contributed by atoms with van der Waals surface area (Å²) in [4.78, 5) is 21.4. The monoisotopic (exact) mass is 324 g/mol. The molecule has 0 radical (unpaired) electrons. The molecule has 1 aromatic heterocycles. The summed E-state index contributed by atoms with van der Waals surface area (Å²) in [5.41, 5.74) is 4.85. The van der Waals surface area contributed by atoms with Crippen molar-refractivity contribution in [2.75, 3.05) is 26.7 Å². The van der Waals surface area contributed by atoms with Crippen molar-refractivity contribution in [1.82, 2.24) is 9.80 Å². The molecule has 1 saturated heterocycles. The molecule has 22 heavy (non-hydrogen) atoms. The third-order valence-corrected chi connectivity index (χ3v) is 4.70. The molecule has 7 heteroatoms. The number of nitrogens with zero attached hydrogens (tertiary/aromatic N) is 3. The second kappa shape index (κ2) is 8.14. The molecule has 0 saturated carbocycles. The fourth-order valence-electron chi connectivity index (χ4n) is 2.70. The van der Waals surface area contributed by atoms with Crippen LogP contribution in [0.5, 0.6) is 0 Å². The Bertz CT molecular complexity index is 484. The highest BCUT2D eigenvalue weighted by molar-refractivity contribution is 7.12. The predicted octanol–water partition coefficient (Wildman–Crippen LogP) is 1.53. The molecule has 2 N–H and O–H groups in total. The average Bonchev–Trinajstić information content (AvgIpc) is 3.17. The van der Waals surface area contributed by atoms with E-state index in [4.69, 9.17) is 10.6 Å². The van der Waals surface area contributed by atoms with Crippen molar-refractivity contribution in [3.63, 3.8) is 0 Å². The lowest BCUT2D eigenvalue weighted by atomic mass is 9.94. The highest BCUT2D eigenvalue weighted by atomic mass is 32.1. The van der Waals surface area contributed by atoms with E-state index in [0.29, 0.717) is 5.92 Å². The summed E-state index contributed by atoms with van der Waals surface area (Å²) in [6.07, 6.45) is 2.89. The number of nitrogens with two attached hydrogens (primary N) is 1. The summed E-state index contributed by atoms with van der Waals surface area (Å²) in [6, 6.07) is 4.08. The highest BCUT2D eigenvalue weighted by Gasteiger charge is 2.36. The Hall–Kier alpha value is -1.60. The van der Waals surface area contributed by atoms with Gasteiger partial charge in [-0.05, 0) is 30.8 Å². The summed E-state index contributed by atoms with van der Waals surface area (Å²) < 4.78 is 0. The third-order valence-electron chi connectivity index (χ3n) is 3.83. The van der Waals surface area contributed by atoms with Crippen molar-refractivity contribution in [2.45, 2.75) is 26.0 Å². The predicted molar refractivity (Wildman–Crippen MR) is 88.6 cm³/mol. The summed E-state index contributed by atoms with van der Waals surface area (Å²) in [5, 5.41) is 6.27. The average molecular weight is 324 g/mol. The van der Waals surface area contributed by atoms with E-state index < -0.39 is 0 Å². The van der Waals surface area contributed by atoms with E-state index in [0.717, 1.165) is 49.6 Å². The van der Waals surface area contributed by atoms with Gasteiger partial charge in [-0.25, -0.2) is 0 Å². The molecular formula is C15H24N4O2S. The van der Waals surface area contributed by atoms with Gasteiger partial charge in [0.05, 0.1) is 4.88 Å². The first-order chi connectivity index (χ1) is 10.7. The Morgan fingerprint density at radius 3 is 2.73 bits per heavy atom. The molecule has 3 heterocycles. The van der Waals surface area contributed by atoms with Gasteiger partial charge in [-0.15, -0.1) is 11.3 Å². The molecule has 122 valence electrons. The molecule has 0 bridgehead atoms. The molecule has 2 aliphatic heterocycles. The van der Waals surface area contributed by atoms with Crippen LogP contribution in [0.4, 0.5) is 0 Å². The first-order valence-corrected chi connectivity index (χ1v) is 8.49. The van der Waals surface area contributed by atoms with E-state index in [9.17, 15) is 4.79 Å². The van der Waals surface area contributed by atoms with E-state index in [2.05, 4.69) is 16.1 Å². The van der Waals surface area contributed by atoms with Crippen molar-refractivity contribution in [3.05, 3.63) is 22.4 Å². The van der Waals surface area contributed by atoms with Crippen LogP contribution in [0.1, 0.15) is 24.6 Å².